The number of nitrogens with two attached hydrogens (primary N) is 1. The molecule has 2 rings (SSSR count). The number of amides is 1. The number of hydrogen-bond acceptors (Lipinski definition) is 6. The topological polar surface area (TPSA) is 111 Å². The molecular formula is C15H24ClN3O5S. The number of halogens is 1. The van der Waals surface area contributed by atoms with Crippen molar-refractivity contribution in [1.82, 2.24) is 9.62 Å². The molecule has 1 aliphatic rings. The molecule has 1 aliphatic heterocycles. The quantitative estimate of drug-likeness (QED) is 0.659. The van der Waals surface area contributed by atoms with Crippen molar-refractivity contribution in [3.8, 4) is 0 Å². The van der Waals surface area contributed by atoms with E-state index in [0.717, 1.165) is 5.56 Å². The molecule has 1 amide bonds. The molecule has 1 aromatic carbocycles. The van der Waals surface area contributed by atoms with Crippen molar-refractivity contribution in [2.45, 2.75) is 17.5 Å². The summed E-state index contributed by atoms with van der Waals surface area (Å²) in [4.78, 5) is 11.9. The van der Waals surface area contributed by atoms with Crippen LogP contribution in [0.4, 0.5) is 0 Å². The van der Waals surface area contributed by atoms with Gasteiger partial charge in [0.05, 0.1) is 24.7 Å². The Hall–Kier alpha value is -1.23. The second-order valence-corrected chi connectivity index (χ2v) is 7.38. The average molecular weight is 394 g/mol. The maximum absolute atomic E-state index is 12.5. The number of sulfonamides is 1. The first-order valence-corrected chi connectivity index (χ1v) is 9.08. The third kappa shape index (κ3) is 5.91. The zero-order valence-corrected chi connectivity index (χ0v) is 15.6. The molecule has 1 fully saturated rings. The van der Waals surface area contributed by atoms with E-state index in [4.69, 9.17) is 15.2 Å². The Kier molecular flexibility index (Phi) is 8.77. The molecule has 0 bridgehead atoms. The Labute approximate surface area is 154 Å². The molecular weight excluding hydrogens is 370 g/mol. The maximum atomic E-state index is 12.5. The largest absolute Gasteiger partial charge is 0.383 e. The molecule has 0 saturated carbocycles. The number of hydrogen-bond donors (Lipinski definition) is 2. The zero-order valence-electron chi connectivity index (χ0n) is 14.0. The second-order valence-electron chi connectivity index (χ2n) is 5.44. The predicted octanol–water partition coefficient (Wildman–Crippen LogP) is -0.281. The van der Waals surface area contributed by atoms with Crippen LogP contribution in [0.15, 0.2) is 29.2 Å². The molecule has 1 unspecified atom stereocenters. The van der Waals surface area contributed by atoms with Crippen LogP contribution in [-0.4, -0.2) is 64.7 Å². The molecule has 0 spiro atoms. The van der Waals surface area contributed by atoms with E-state index in [1.165, 1.54) is 11.4 Å². The van der Waals surface area contributed by atoms with Crippen molar-refractivity contribution in [2.24, 2.45) is 5.73 Å². The number of ether oxygens (including phenoxy) is 2. The summed E-state index contributed by atoms with van der Waals surface area (Å²) >= 11 is 0. The van der Waals surface area contributed by atoms with E-state index in [0.29, 0.717) is 26.3 Å². The van der Waals surface area contributed by atoms with Gasteiger partial charge in [0.15, 0.2) is 0 Å². The molecule has 142 valence electrons. The molecule has 3 N–H and O–H groups in total. The van der Waals surface area contributed by atoms with E-state index in [1.807, 2.05) is 0 Å². The number of carbonyl (C=O) groups is 1. The molecule has 1 heterocycles. The van der Waals surface area contributed by atoms with Gasteiger partial charge in [0.2, 0.25) is 15.9 Å². The highest BCUT2D eigenvalue weighted by molar-refractivity contribution is 7.89. The van der Waals surface area contributed by atoms with Gasteiger partial charge >= 0.3 is 0 Å². The number of benzene rings is 1. The summed E-state index contributed by atoms with van der Waals surface area (Å²) in [5, 5.41) is 2.68. The lowest BCUT2D eigenvalue weighted by Gasteiger charge is -2.26. The molecule has 1 aromatic rings. The predicted molar refractivity (Wildman–Crippen MR) is 95.0 cm³/mol. The van der Waals surface area contributed by atoms with Crippen LogP contribution in [0.2, 0.25) is 0 Å². The number of carbonyl (C=O) groups excluding carboxylic acids is 1. The first-order valence-electron chi connectivity index (χ1n) is 7.64. The summed E-state index contributed by atoms with van der Waals surface area (Å²) < 4.78 is 36.4. The van der Waals surface area contributed by atoms with Gasteiger partial charge in [-0.1, -0.05) is 12.1 Å². The molecule has 0 aromatic heterocycles. The Morgan fingerprint density at radius 2 is 1.92 bits per heavy atom. The van der Waals surface area contributed by atoms with E-state index in [2.05, 4.69) is 5.32 Å². The molecule has 25 heavy (non-hydrogen) atoms. The van der Waals surface area contributed by atoms with Gasteiger partial charge in [0.1, 0.15) is 6.04 Å². The van der Waals surface area contributed by atoms with E-state index in [1.54, 1.807) is 24.3 Å². The molecule has 8 nitrogen and oxygen atoms in total. The molecule has 0 radical (unpaired) electrons. The molecule has 0 aliphatic carbocycles. The number of morpholine rings is 1. The van der Waals surface area contributed by atoms with Gasteiger partial charge in [-0.2, -0.15) is 4.31 Å². The standard InChI is InChI=1S/C15H23N3O5S.ClH/c1-22-11-14(16)15(19)17-10-12-2-4-13(5-3-12)24(20,21)18-6-8-23-9-7-18;/h2-5,14H,6-11,16H2,1H3,(H,17,19);1H. The third-order valence-corrected chi connectivity index (χ3v) is 5.59. The molecule has 1 atom stereocenters. The first-order chi connectivity index (χ1) is 11.4. The van der Waals surface area contributed by atoms with Crippen molar-refractivity contribution < 1.29 is 22.7 Å². The Balaban J connectivity index is 0.00000312. The highest BCUT2D eigenvalue weighted by Crippen LogP contribution is 2.17. The van der Waals surface area contributed by atoms with Crippen molar-refractivity contribution >= 4 is 28.3 Å². The summed E-state index contributed by atoms with van der Waals surface area (Å²) in [6.07, 6.45) is 0. The van der Waals surface area contributed by atoms with E-state index in [-0.39, 0.29) is 36.4 Å². The Bertz CT molecular complexity index is 648. The fourth-order valence-corrected chi connectivity index (χ4v) is 3.70. The summed E-state index contributed by atoms with van der Waals surface area (Å²) in [6, 6.07) is 5.71. The fraction of sp³-hybridized carbons (Fsp3) is 0.533. The van der Waals surface area contributed by atoms with Gasteiger partial charge in [-0.25, -0.2) is 8.42 Å². The van der Waals surface area contributed by atoms with E-state index < -0.39 is 16.1 Å². The van der Waals surface area contributed by atoms with Crippen molar-refractivity contribution in [1.29, 1.82) is 0 Å². The first kappa shape index (κ1) is 21.8. The minimum absolute atomic E-state index is 0. The van der Waals surface area contributed by atoms with Crippen LogP contribution in [0.25, 0.3) is 0 Å². The van der Waals surface area contributed by atoms with Gasteiger partial charge in [0, 0.05) is 26.7 Å². The smallest absolute Gasteiger partial charge is 0.243 e. The molecule has 1 saturated heterocycles. The lowest BCUT2D eigenvalue weighted by Crippen LogP contribution is -2.43. The Morgan fingerprint density at radius 1 is 1.32 bits per heavy atom. The van der Waals surface area contributed by atoms with Gasteiger partial charge in [-0.05, 0) is 17.7 Å². The number of nitrogens with one attached hydrogen (secondary N) is 1. The lowest BCUT2D eigenvalue weighted by atomic mass is 10.2. The number of nitrogens with zero attached hydrogens (tertiary/aromatic N) is 1. The van der Waals surface area contributed by atoms with E-state index in [9.17, 15) is 13.2 Å². The third-order valence-electron chi connectivity index (χ3n) is 3.68. The normalized spacial score (nSPS) is 16.7. The van der Waals surface area contributed by atoms with Gasteiger partial charge < -0.3 is 20.5 Å². The lowest BCUT2D eigenvalue weighted by molar-refractivity contribution is -0.123. The highest BCUT2D eigenvalue weighted by atomic mass is 35.5. The van der Waals surface area contributed by atoms with Crippen LogP contribution in [0.1, 0.15) is 5.56 Å². The monoisotopic (exact) mass is 393 g/mol. The van der Waals surface area contributed by atoms with E-state index >= 15 is 0 Å². The minimum atomic E-state index is -3.50. The zero-order chi connectivity index (χ0) is 17.6. The van der Waals surface area contributed by atoms with Crippen LogP contribution in [0.3, 0.4) is 0 Å². The summed E-state index contributed by atoms with van der Waals surface area (Å²) in [5.41, 5.74) is 6.41. The van der Waals surface area contributed by atoms with Gasteiger partial charge in [-0.3, -0.25) is 4.79 Å². The number of methoxy groups -OCH3 is 1. The second kappa shape index (κ2) is 10.0. The van der Waals surface area contributed by atoms with Crippen LogP contribution in [0.5, 0.6) is 0 Å². The van der Waals surface area contributed by atoms with Crippen molar-refractivity contribution in [2.75, 3.05) is 40.0 Å². The van der Waals surface area contributed by atoms with Gasteiger partial charge in [0.25, 0.3) is 0 Å². The highest BCUT2D eigenvalue weighted by Gasteiger charge is 2.26. The summed E-state index contributed by atoms with van der Waals surface area (Å²) in [5.74, 6) is -0.318. The minimum Gasteiger partial charge on any atom is -0.383 e. The van der Waals surface area contributed by atoms with Crippen LogP contribution in [-0.2, 0) is 30.8 Å². The maximum Gasteiger partial charge on any atom is 0.243 e. The van der Waals surface area contributed by atoms with Crippen LogP contribution < -0.4 is 11.1 Å². The SMILES string of the molecule is COCC(N)C(=O)NCc1ccc(S(=O)(=O)N2CCOCC2)cc1.Cl. The summed E-state index contributed by atoms with van der Waals surface area (Å²) in [6.45, 7) is 1.95. The van der Waals surface area contributed by atoms with Crippen molar-refractivity contribution in [3.05, 3.63) is 29.8 Å². The Morgan fingerprint density at radius 3 is 2.48 bits per heavy atom. The van der Waals surface area contributed by atoms with Crippen LogP contribution >= 0.6 is 12.4 Å². The van der Waals surface area contributed by atoms with Crippen molar-refractivity contribution in [3.63, 3.8) is 0 Å². The van der Waals surface area contributed by atoms with Crippen LogP contribution in [0, 0.1) is 0 Å². The summed E-state index contributed by atoms with van der Waals surface area (Å²) in [7, 11) is -2.03. The average Bonchev–Trinajstić information content (AvgIpc) is 2.61. The molecule has 10 heteroatoms. The fourth-order valence-electron chi connectivity index (χ4n) is 2.29. The van der Waals surface area contributed by atoms with Gasteiger partial charge in [-0.15, -0.1) is 12.4 Å². The number of rotatable bonds is 7.